The second kappa shape index (κ2) is 9.19. The van der Waals surface area contributed by atoms with Crippen LogP contribution >= 0.6 is 27.4 Å². The van der Waals surface area contributed by atoms with Gasteiger partial charge in [0.1, 0.15) is 12.2 Å². The van der Waals surface area contributed by atoms with Gasteiger partial charge < -0.3 is 19.4 Å². The Labute approximate surface area is 205 Å². The number of hydrogen-bond acceptors (Lipinski definition) is 10. The molecule has 15 heteroatoms. The number of nitrogens with one attached hydrogen (secondary N) is 1. The summed E-state index contributed by atoms with van der Waals surface area (Å²) in [5, 5.41) is -0.0110. The molecule has 0 aromatic carbocycles. The first kappa shape index (κ1) is 25.6. The van der Waals surface area contributed by atoms with Crippen molar-refractivity contribution in [1.29, 1.82) is 0 Å². The Morgan fingerprint density at radius 2 is 2.09 bits per heavy atom. The van der Waals surface area contributed by atoms with E-state index in [9.17, 15) is 4.79 Å². The highest BCUT2D eigenvalue weighted by Crippen LogP contribution is 2.75. The summed E-state index contributed by atoms with van der Waals surface area (Å²) in [6.07, 6.45) is -2.88. The molecule has 2 saturated heterocycles. The van der Waals surface area contributed by atoms with E-state index in [1.165, 1.54) is 10.9 Å². The first-order chi connectivity index (χ1) is 15.3. The summed E-state index contributed by atoms with van der Waals surface area (Å²) in [5.41, 5.74) is 5.43. The third-order valence-electron chi connectivity index (χ3n) is 6.24. The van der Waals surface area contributed by atoms with Crippen LogP contribution in [0.1, 0.15) is 27.0 Å². The van der Waals surface area contributed by atoms with E-state index in [-0.39, 0.29) is 28.8 Å². The van der Waals surface area contributed by atoms with Crippen LogP contribution in [-0.4, -0.2) is 64.3 Å². The van der Waals surface area contributed by atoms with Crippen LogP contribution < -0.4 is 11.3 Å². The number of anilines is 1. The number of nitrogen functional groups attached to an aromatic ring is 1. The molecule has 4 rings (SSSR count). The van der Waals surface area contributed by atoms with E-state index in [2.05, 4.69) is 48.8 Å². The van der Waals surface area contributed by atoms with Gasteiger partial charge in [0.25, 0.3) is 5.56 Å². The molecule has 2 aromatic rings. The Hall–Kier alpha value is -0.473. The Balaban J connectivity index is 1.65. The fraction of sp³-hybridized carbons (Fsp3) is 0.722. The van der Waals surface area contributed by atoms with Gasteiger partial charge in [-0.2, -0.15) is 4.98 Å². The maximum absolute atomic E-state index is 15.9. The third kappa shape index (κ3) is 5.08. The molecule has 184 valence electrons. The van der Waals surface area contributed by atoms with E-state index in [0.717, 1.165) is 11.5 Å². The first-order valence-corrected chi connectivity index (χ1v) is 19.4. The summed E-state index contributed by atoms with van der Waals surface area (Å²) < 4.78 is 33.9. The van der Waals surface area contributed by atoms with Crippen LogP contribution in [0.2, 0.25) is 18.1 Å². The number of hydrogen-bond donors (Lipinski definition) is 2. The molecular formula is C18H29FN5O4PS3Si. The predicted octanol–water partition coefficient (Wildman–Crippen LogP) is 4.05. The molecule has 4 heterocycles. The highest BCUT2D eigenvalue weighted by atomic mass is 33.2. The Kier molecular flexibility index (Phi) is 7.14. The molecule has 0 saturated carbocycles. The van der Waals surface area contributed by atoms with Gasteiger partial charge >= 0.3 is 0 Å². The smallest absolute Gasteiger partial charge is 0.280 e. The van der Waals surface area contributed by atoms with Crippen LogP contribution in [0, 0.1) is 0 Å². The number of aromatic amines is 1. The molecule has 2 fully saturated rings. The normalized spacial score (nSPS) is 28.1. The topological polar surface area (TPSA) is 117 Å². The van der Waals surface area contributed by atoms with E-state index in [1.807, 2.05) is 0 Å². The zero-order valence-electron chi connectivity index (χ0n) is 19.1. The van der Waals surface area contributed by atoms with E-state index in [4.69, 9.17) is 31.2 Å². The number of H-pyrrole nitrogens is 1. The highest BCUT2D eigenvalue weighted by molar-refractivity contribution is 9.00. The number of fused-ring (bicyclic) bond motifs is 1. The molecule has 2 aromatic heterocycles. The maximum atomic E-state index is 15.9. The minimum atomic E-state index is -2.27. The molecule has 9 nitrogen and oxygen atoms in total. The van der Waals surface area contributed by atoms with Gasteiger partial charge in [0.2, 0.25) is 5.95 Å². The highest BCUT2D eigenvalue weighted by Gasteiger charge is 2.51. The lowest BCUT2D eigenvalue weighted by atomic mass is 10.1. The molecule has 0 bridgehead atoms. The molecule has 0 spiro atoms. The van der Waals surface area contributed by atoms with Gasteiger partial charge in [-0.05, 0) is 29.9 Å². The van der Waals surface area contributed by atoms with Crippen molar-refractivity contribution in [1.82, 2.24) is 19.5 Å². The largest absolute Gasteiger partial charge is 0.414 e. The quantitative estimate of drug-likeness (QED) is 0.401. The van der Waals surface area contributed by atoms with Gasteiger partial charge in [-0.25, -0.2) is 9.37 Å². The monoisotopic (exact) mass is 553 g/mol. The number of nitrogens with zero attached hydrogens (tertiary/aromatic N) is 3. The van der Waals surface area contributed by atoms with Crippen LogP contribution in [0.15, 0.2) is 11.1 Å². The summed E-state index contributed by atoms with van der Waals surface area (Å²) >= 11 is 8.92. The number of rotatable bonds is 6. The van der Waals surface area contributed by atoms with E-state index < -0.39 is 43.2 Å². The molecule has 3 N–H and O–H groups in total. The zero-order chi connectivity index (χ0) is 24.2. The van der Waals surface area contributed by atoms with Crippen LogP contribution in [0.4, 0.5) is 10.3 Å². The van der Waals surface area contributed by atoms with Gasteiger partial charge in [-0.15, -0.1) is 0 Å². The standard InChI is InChI=1S/C18H29FN5O4PS3Si/c1-18(2,3)33(4,5)26-8-10-13(28-29(30)31-6-7-32-29)11(19)16(27-10)24-9-21-12-14(24)22-17(20)23-15(12)25/h9-11,13,16H,6-8H2,1-5H3,(H3,20,22,23,25)/t10?,11-,13-,16-/m1/s1. The van der Waals surface area contributed by atoms with E-state index in [1.54, 1.807) is 22.8 Å². The second-order valence-corrected chi connectivity index (χ2v) is 25.0. The minimum Gasteiger partial charge on any atom is -0.414 e. The maximum Gasteiger partial charge on any atom is 0.280 e. The van der Waals surface area contributed by atoms with Crippen molar-refractivity contribution < 1.29 is 18.1 Å². The first-order valence-electron chi connectivity index (χ1n) is 10.5. The van der Waals surface area contributed by atoms with Crippen molar-refractivity contribution in [3.8, 4) is 0 Å². The fourth-order valence-corrected chi connectivity index (χ4v) is 13.7. The van der Waals surface area contributed by atoms with Gasteiger partial charge in [0.15, 0.2) is 36.5 Å². The average molecular weight is 554 g/mol. The number of ether oxygens (including phenoxy) is 1. The molecule has 4 atom stereocenters. The predicted molar refractivity (Wildman–Crippen MR) is 139 cm³/mol. The lowest BCUT2D eigenvalue weighted by molar-refractivity contribution is -0.0401. The lowest BCUT2D eigenvalue weighted by Crippen LogP contribution is -2.44. The Morgan fingerprint density at radius 3 is 2.73 bits per heavy atom. The van der Waals surface area contributed by atoms with Crippen LogP contribution in [0.25, 0.3) is 11.2 Å². The summed E-state index contributed by atoms with van der Waals surface area (Å²) in [6, 6.07) is 0. The number of aromatic nitrogens is 4. The summed E-state index contributed by atoms with van der Waals surface area (Å²) in [4.78, 5) is 22.8. The molecule has 33 heavy (non-hydrogen) atoms. The van der Waals surface area contributed by atoms with Crippen molar-refractivity contribution in [2.75, 3.05) is 23.8 Å². The number of alkyl halides is 1. The van der Waals surface area contributed by atoms with Gasteiger partial charge in [0, 0.05) is 11.5 Å². The second-order valence-electron chi connectivity index (χ2n) is 9.54. The van der Waals surface area contributed by atoms with E-state index >= 15 is 4.39 Å². The number of nitrogens with two attached hydrogens (primary N) is 1. The van der Waals surface area contributed by atoms with Crippen molar-refractivity contribution in [3.05, 3.63) is 16.7 Å². The van der Waals surface area contributed by atoms with Crippen LogP contribution in [0.3, 0.4) is 0 Å². The molecule has 0 aliphatic carbocycles. The number of imidazole rings is 1. The molecule has 0 amide bonds. The summed E-state index contributed by atoms with van der Waals surface area (Å²) in [7, 11) is -2.11. The van der Waals surface area contributed by atoms with E-state index in [0.29, 0.717) is 0 Å². The third-order valence-corrected chi connectivity index (χ3v) is 20.5. The lowest BCUT2D eigenvalue weighted by Gasteiger charge is -2.37. The molecule has 0 radical (unpaired) electrons. The van der Waals surface area contributed by atoms with Gasteiger partial charge in [-0.1, -0.05) is 43.5 Å². The van der Waals surface area contributed by atoms with Gasteiger partial charge in [-0.3, -0.25) is 14.3 Å². The van der Waals surface area contributed by atoms with Crippen LogP contribution in [-0.2, 0) is 25.5 Å². The summed E-state index contributed by atoms with van der Waals surface area (Å²) in [6.45, 7) is 10.9. The fourth-order valence-electron chi connectivity index (χ4n) is 3.36. The van der Waals surface area contributed by atoms with Crippen molar-refractivity contribution >= 4 is 64.7 Å². The molecule has 2 aliphatic heterocycles. The van der Waals surface area contributed by atoms with Gasteiger partial charge in [0.05, 0.1) is 12.9 Å². The van der Waals surface area contributed by atoms with Crippen molar-refractivity contribution in [3.63, 3.8) is 0 Å². The van der Waals surface area contributed by atoms with Crippen molar-refractivity contribution in [2.24, 2.45) is 0 Å². The average Bonchev–Trinajstić information content (AvgIpc) is 3.39. The molecule has 1 unspecified atom stereocenters. The number of halogens is 1. The van der Waals surface area contributed by atoms with Crippen molar-refractivity contribution in [2.45, 2.75) is 63.5 Å². The Bertz CT molecular complexity index is 1130. The summed E-state index contributed by atoms with van der Waals surface area (Å²) in [5.74, 6) is 1.70. The van der Waals surface area contributed by atoms with Crippen LogP contribution in [0.5, 0.6) is 0 Å². The minimum absolute atomic E-state index is 0.0110. The molecule has 2 aliphatic rings. The molecular weight excluding hydrogens is 524 g/mol. The SMILES string of the molecule is CC(C)(C)[Si](C)(C)OCC1O[C@@H](n2cnc3c(=O)[nH]c(N)nc32)[C@H](F)[C@@H]1OP1(=S)SCCS1. The zero-order valence-corrected chi connectivity index (χ0v) is 23.5. The Morgan fingerprint density at radius 1 is 1.42 bits per heavy atom.